The molecule has 3 nitrogen and oxygen atoms in total. The lowest BCUT2D eigenvalue weighted by atomic mass is 10.1. The van der Waals surface area contributed by atoms with Gasteiger partial charge in [-0.1, -0.05) is 29.8 Å². The first-order valence-corrected chi connectivity index (χ1v) is 9.16. The minimum absolute atomic E-state index is 0.142. The summed E-state index contributed by atoms with van der Waals surface area (Å²) in [6.07, 6.45) is 0. The maximum Gasteiger partial charge on any atom is 0.224 e. The molecule has 0 saturated carbocycles. The highest BCUT2D eigenvalue weighted by Crippen LogP contribution is 2.33. The summed E-state index contributed by atoms with van der Waals surface area (Å²) < 4.78 is 5.81. The number of carbonyl (C=O) groups is 2. The van der Waals surface area contributed by atoms with Crippen LogP contribution in [0.15, 0.2) is 70.0 Å². The van der Waals surface area contributed by atoms with Crippen LogP contribution in [0, 0.1) is 0 Å². The van der Waals surface area contributed by atoms with Gasteiger partial charge in [-0.2, -0.15) is 0 Å². The normalized spacial score (nSPS) is 11.2. The first-order chi connectivity index (χ1) is 12.5. The van der Waals surface area contributed by atoms with E-state index in [1.165, 1.54) is 6.92 Å². The lowest BCUT2D eigenvalue weighted by molar-refractivity contribution is 0.101. The quantitative estimate of drug-likeness (QED) is 0.306. The summed E-state index contributed by atoms with van der Waals surface area (Å²) in [7, 11) is 0. The largest absolute Gasteiger partial charge is 0.456 e. The van der Waals surface area contributed by atoms with Gasteiger partial charge in [-0.15, -0.1) is 0 Å². The van der Waals surface area contributed by atoms with Crippen molar-refractivity contribution in [2.24, 2.45) is 0 Å². The van der Waals surface area contributed by atoms with Crippen molar-refractivity contribution in [1.29, 1.82) is 0 Å². The van der Waals surface area contributed by atoms with Crippen LogP contribution in [-0.2, 0) is 0 Å². The van der Waals surface area contributed by atoms with Gasteiger partial charge in [-0.25, -0.2) is 0 Å². The summed E-state index contributed by atoms with van der Waals surface area (Å²) in [5, 5.41) is 2.20. The van der Waals surface area contributed by atoms with Crippen molar-refractivity contribution in [2.45, 2.75) is 11.8 Å². The number of fused-ring (bicyclic) bond motifs is 3. The minimum atomic E-state index is -0.166. The number of benzene rings is 3. The molecule has 0 amide bonds. The topological polar surface area (TPSA) is 47.3 Å². The van der Waals surface area contributed by atoms with E-state index >= 15 is 0 Å². The second kappa shape index (κ2) is 6.63. The Morgan fingerprint density at radius 2 is 1.69 bits per heavy atom. The third-order valence-electron chi connectivity index (χ3n) is 4.14. The van der Waals surface area contributed by atoms with Crippen molar-refractivity contribution in [1.82, 2.24) is 0 Å². The molecule has 128 valence electrons. The average molecular weight is 381 g/mol. The van der Waals surface area contributed by atoms with Crippen LogP contribution in [-0.4, -0.2) is 10.9 Å². The summed E-state index contributed by atoms with van der Waals surface area (Å²) in [5.41, 5.74) is 2.41. The van der Waals surface area contributed by atoms with E-state index in [4.69, 9.17) is 16.0 Å². The number of thioether (sulfide) groups is 1. The summed E-state index contributed by atoms with van der Waals surface area (Å²) in [6.45, 7) is 1.43. The number of hydrogen-bond acceptors (Lipinski definition) is 4. The molecule has 0 aliphatic rings. The minimum Gasteiger partial charge on any atom is -0.456 e. The van der Waals surface area contributed by atoms with Gasteiger partial charge < -0.3 is 4.42 Å². The van der Waals surface area contributed by atoms with E-state index < -0.39 is 0 Å². The predicted molar refractivity (Wildman–Crippen MR) is 105 cm³/mol. The Hall–Kier alpha value is -2.56. The number of furan rings is 1. The van der Waals surface area contributed by atoms with Gasteiger partial charge in [-0.05, 0) is 61.2 Å². The van der Waals surface area contributed by atoms with Gasteiger partial charge >= 0.3 is 0 Å². The van der Waals surface area contributed by atoms with Gasteiger partial charge in [-0.3, -0.25) is 9.59 Å². The molecule has 0 aliphatic heterocycles. The van der Waals surface area contributed by atoms with E-state index in [-0.39, 0.29) is 10.9 Å². The van der Waals surface area contributed by atoms with Crippen LogP contribution in [0.2, 0.25) is 5.02 Å². The first-order valence-electron chi connectivity index (χ1n) is 7.97. The molecule has 0 unspecified atom stereocenters. The second-order valence-corrected chi connectivity index (χ2v) is 7.35. The molecule has 0 fully saturated rings. The second-order valence-electron chi connectivity index (χ2n) is 5.90. The zero-order valence-corrected chi connectivity index (χ0v) is 15.4. The predicted octanol–water partition coefficient (Wildman–Crippen LogP) is 6.37. The van der Waals surface area contributed by atoms with E-state index in [2.05, 4.69) is 0 Å². The smallest absolute Gasteiger partial charge is 0.224 e. The number of hydrogen-bond donors (Lipinski definition) is 0. The van der Waals surface area contributed by atoms with E-state index in [1.54, 1.807) is 18.2 Å². The molecule has 0 spiro atoms. The lowest BCUT2D eigenvalue weighted by Crippen LogP contribution is -1.99. The van der Waals surface area contributed by atoms with Crippen molar-refractivity contribution >= 4 is 56.2 Å². The maximum absolute atomic E-state index is 12.6. The van der Waals surface area contributed by atoms with Crippen molar-refractivity contribution < 1.29 is 14.0 Å². The van der Waals surface area contributed by atoms with Gasteiger partial charge in [0.25, 0.3) is 0 Å². The fourth-order valence-corrected chi connectivity index (χ4v) is 3.88. The molecular formula is C21H13ClO3S. The number of halogens is 1. The Morgan fingerprint density at radius 1 is 0.923 bits per heavy atom. The lowest BCUT2D eigenvalue weighted by Gasteiger charge is -2.05. The fraction of sp³-hybridized carbons (Fsp3) is 0.0476. The fourth-order valence-electron chi connectivity index (χ4n) is 2.86. The molecule has 0 bridgehead atoms. The third-order valence-corrected chi connectivity index (χ3v) is 5.38. The number of carbonyl (C=O) groups excluding carboxylic acids is 2. The highest BCUT2D eigenvalue weighted by atomic mass is 35.5. The third kappa shape index (κ3) is 3.02. The van der Waals surface area contributed by atoms with Crippen molar-refractivity contribution in [3.8, 4) is 0 Å². The van der Waals surface area contributed by atoms with Crippen molar-refractivity contribution in [2.75, 3.05) is 0 Å². The van der Waals surface area contributed by atoms with Gasteiger partial charge in [0.2, 0.25) is 5.12 Å². The van der Waals surface area contributed by atoms with E-state index in [0.717, 1.165) is 38.6 Å². The molecular weight excluding hydrogens is 368 g/mol. The Kier molecular flexibility index (Phi) is 4.31. The molecule has 4 aromatic rings. The number of ketones is 1. The zero-order valence-electron chi connectivity index (χ0n) is 13.8. The van der Waals surface area contributed by atoms with Gasteiger partial charge in [0.05, 0.1) is 5.02 Å². The highest BCUT2D eigenvalue weighted by molar-refractivity contribution is 8.14. The summed E-state index contributed by atoms with van der Waals surface area (Å²) >= 11 is 7.13. The van der Waals surface area contributed by atoms with Crippen molar-refractivity contribution in [3.05, 3.63) is 76.8 Å². The number of Topliss-reactive ketones (excluding diaryl/α,β-unsaturated/α-hetero) is 1. The van der Waals surface area contributed by atoms with Crippen LogP contribution in [0.3, 0.4) is 0 Å². The van der Waals surface area contributed by atoms with Gasteiger partial charge in [0.1, 0.15) is 11.2 Å². The molecule has 0 N–H and O–H groups in total. The monoisotopic (exact) mass is 380 g/mol. The van der Waals surface area contributed by atoms with Gasteiger partial charge in [0.15, 0.2) is 5.78 Å². The van der Waals surface area contributed by atoms with E-state index in [0.29, 0.717) is 16.1 Å². The van der Waals surface area contributed by atoms with E-state index in [1.807, 2.05) is 42.5 Å². The molecule has 26 heavy (non-hydrogen) atoms. The number of rotatable bonds is 3. The van der Waals surface area contributed by atoms with Crippen LogP contribution in [0.1, 0.15) is 27.6 Å². The molecule has 5 heteroatoms. The maximum atomic E-state index is 12.6. The molecule has 0 atom stereocenters. The standard InChI is InChI=1S/C21H13ClO3S/c1-12(23)16-10-13(6-8-18(16)22)21(24)26-14-7-9-20-17(11-14)15-4-2-3-5-19(15)25-20/h2-11H,1H3. The molecule has 0 saturated heterocycles. The molecule has 3 aromatic carbocycles. The Bertz CT molecular complexity index is 1180. The molecule has 0 radical (unpaired) electrons. The molecule has 0 aliphatic carbocycles. The van der Waals surface area contributed by atoms with Gasteiger partial charge in [0, 0.05) is 26.8 Å². The Labute approximate surface area is 158 Å². The SMILES string of the molecule is CC(=O)c1cc(C(=O)Sc2ccc3oc4ccccc4c3c2)ccc1Cl. The zero-order chi connectivity index (χ0) is 18.3. The highest BCUT2D eigenvalue weighted by Gasteiger charge is 2.14. The molecule has 4 rings (SSSR count). The summed E-state index contributed by atoms with van der Waals surface area (Å²) in [5.74, 6) is -0.166. The average Bonchev–Trinajstić information content (AvgIpc) is 3.00. The Balaban J connectivity index is 1.68. The van der Waals surface area contributed by atoms with Crippen LogP contribution >= 0.6 is 23.4 Å². The summed E-state index contributed by atoms with van der Waals surface area (Å²) in [6, 6.07) is 18.2. The van der Waals surface area contributed by atoms with Crippen molar-refractivity contribution in [3.63, 3.8) is 0 Å². The van der Waals surface area contributed by atoms with Crippen LogP contribution in [0.25, 0.3) is 21.9 Å². The van der Waals surface area contributed by atoms with Crippen LogP contribution < -0.4 is 0 Å². The van der Waals surface area contributed by atoms with E-state index in [9.17, 15) is 9.59 Å². The summed E-state index contributed by atoms with van der Waals surface area (Å²) in [4.78, 5) is 25.1. The molecule has 1 aromatic heterocycles. The van der Waals surface area contributed by atoms with Crippen LogP contribution in [0.5, 0.6) is 0 Å². The molecule has 1 heterocycles. The van der Waals surface area contributed by atoms with Crippen LogP contribution in [0.4, 0.5) is 0 Å². The number of para-hydroxylation sites is 1. The first kappa shape index (κ1) is 16.9. The Morgan fingerprint density at radius 3 is 2.50 bits per heavy atom.